The highest BCUT2D eigenvalue weighted by Crippen LogP contribution is 2.21. The minimum atomic E-state index is -0.119. The van der Waals surface area contributed by atoms with Crippen LogP contribution in [0.15, 0.2) is 48.8 Å². The van der Waals surface area contributed by atoms with E-state index in [-0.39, 0.29) is 17.9 Å². The van der Waals surface area contributed by atoms with Crippen LogP contribution in [-0.4, -0.2) is 39.8 Å². The highest BCUT2D eigenvalue weighted by molar-refractivity contribution is 5.79. The van der Waals surface area contributed by atoms with Gasteiger partial charge in [0.25, 0.3) is 0 Å². The molecule has 2 atom stereocenters. The maximum absolute atomic E-state index is 12.7. The fourth-order valence-corrected chi connectivity index (χ4v) is 3.22. The molecule has 0 bridgehead atoms. The summed E-state index contributed by atoms with van der Waals surface area (Å²) >= 11 is 0. The van der Waals surface area contributed by atoms with Gasteiger partial charge in [0.1, 0.15) is 0 Å². The highest BCUT2D eigenvalue weighted by atomic mass is 16.5. The van der Waals surface area contributed by atoms with Gasteiger partial charge in [0.2, 0.25) is 5.91 Å². The van der Waals surface area contributed by atoms with Crippen LogP contribution in [0.4, 0.5) is 0 Å². The molecule has 5 nitrogen and oxygen atoms in total. The first-order chi connectivity index (χ1) is 11.7. The number of amides is 1. The quantitative estimate of drug-likeness (QED) is 0.785. The van der Waals surface area contributed by atoms with E-state index in [4.69, 9.17) is 4.74 Å². The zero-order valence-electron chi connectivity index (χ0n) is 14.2. The lowest BCUT2D eigenvalue weighted by Gasteiger charge is -2.27. The molecule has 0 spiro atoms. The highest BCUT2D eigenvalue weighted by Gasteiger charge is 2.31. The van der Waals surface area contributed by atoms with Crippen LogP contribution in [0.2, 0.25) is 0 Å². The van der Waals surface area contributed by atoms with E-state index in [1.165, 1.54) is 0 Å². The molecule has 5 heteroatoms. The molecule has 2 aromatic rings. The van der Waals surface area contributed by atoms with Gasteiger partial charge in [-0.2, -0.15) is 5.10 Å². The maximum atomic E-state index is 12.7. The van der Waals surface area contributed by atoms with Gasteiger partial charge in [-0.1, -0.05) is 37.3 Å². The molecule has 0 N–H and O–H groups in total. The normalized spacial score (nSPS) is 18.7. The Morgan fingerprint density at radius 3 is 2.92 bits per heavy atom. The molecule has 3 rings (SSSR count). The van der Waals surface area contributed by atoms with Gasteiger partial charge in [0.15, 0.2) is 0 Å². The molecule has 1 fully saturated rings. The first-order valence-electron chi connectivity index (χ1n) is 8.63. The SMILES string of the molecule is CC(COCc1ccccc1)C(=O)N1CCCC1Cn1cccn1. The maximum Gasteiger partial charge on any atom is 0.228 e. The zero-order valence-corrected chi connectivity index (χ0v) is 14.2. The van der Waals surface area contributed by atoms with E-state index in [0.29, 0.717) is 13.2 Å². The van der Waals surface area contributed by atoms with Gasteiger partial charge in [0.05, 0.1) is 31.7 Å². The zero-order chi connectivity index (χ0) is 16.8. The van der Waals surface area contributed by atoms with Crippen molar-refractivity contribution in [2.24, 2.45) is 5.92 Å². The van der Waals surface area contributed by atoms with Crippen molar-refractivity contribution in [3.63, 3.8) is 0 Å². The predicted octanol–water partition coefficient (Wildman–Crippen LogP) is 2.73. The van der Waals surface area contributed by atoms with Gasteiger partial charge in [-0.25, -0.2) is 0 Å². The van der Waals surface area contributed by atoms with Crippen molar-refractivity contribution in [1.29, 1.82) is 0 Å². The lowest BCUT2D eigenvalue weighted by Crippen LogP contribution is -2.42. The summed E-state index contributed by atoms with van der Waals surface area (Å²) in [4.78, 5) is 14.8. The van der Waals surface area contributed by atoms with E-state index in [1.807, 2.05) is 59.1 Å². The number of nitrogens with zero attached hydrogens (tertiary/aromatic N) is 3. The number of hydrogen-bond acceptors (Lipinski definition) is 3. The Kier molecular flexibility index (Phi) is 5.64. The van der Waals surface area contributed by atoms with Crippen molar-refractivity contribution < 1.29 is 9.53 Å². The van der Waals surface area contributed by atoms with Crippen LogP contribution in [0, 0.1) is 5.92 Å². The molecule has 1 aliphatic heterocycles. The van der Waals surface area contributed by atoms with Crippen molar-refractivity contribution >= 4 is 5.91 Å². The smallest absolute Gasteiger partial charge is 0.228 e. The van der Waals surface area contributed by atoms with E-state index >= 15 is 0 Å². The third kappa shape index (κ3) is 4.23. The van der Waals surface area contributed by atoms with Gasteiger partial charge < -0.3 is 9.64 Å². The molecule has 1 saturated heterocycles. The van der Waals surface area contributed by atoms with E-state index < -0.39 is 0 Å². The van der Waals surface area contributed by atoms with E-state index in [2.05, 4.69) is 5.10 Å². The molecule has 0 aliphatic carbocycles. The molecule has 1 aromatic heterocycles. The Morgan fingerprint density at radius 2 is 2.17 bits per heavy atom. The number of carbonyl (C=O) groups is 1. The fraction of sp³-hybridized carbons (Fsp3) is 0.474. The molecular weight excluding hydrogens is 302 g/mol. The number of likely N-dealkylation sites (tertiary alicyclic amines) is 1. The van der Waals surface area contributed by atoms with Gasteiger partial charge in [-0.15, -0.1) is 0 Å². The molecular formula is C19H25N3O2. The largest absolute Gasteiger partial charge is 0.376 e. The number of benzene rings is 1. The number of aromatic nitrogens is 2. The van der Waals surface area contributed by atoms with Crippen LogP contribution >= 0.6 is 0 Å². The molecule has 1 amide bonds. The Hall–Kier alpha value is -2.14. The number of ether oxygens (including phenoxy) is 1. The topological polar surface area (TPSA) is 47.4 Å². The number of carbonyl (C=O) groups excluding carboxylic acids is 1. The van der Waals surface area contributed by atoms with Gasteiger partial charge in [0, 0.05) is 18.9 Å². The predicted molar refractivity (Wildman–Crippen MR) is 92.2 cm³/mol. The standard InChI is InChI=1S/C19H25N3O2/c1-16(14-24-15-17-7-3-2-4-8-17)19(23)22-12-5-9-18(22)13-21-11-6-10-20-21/h2-4,6-8,10-11,16,18H,5,9,12-15H2,1H3. The summed E-state index contributed by atoms with van der Waals surface area (Å²) in [5.74, 6) is 0.0738. The van der Waals surface area contributed by atoms with Crippen LogP contribution < -0.4 is 0 Å². The second-order valence-electron chi connectivity index (χ2n) is 6.46. The van der Waals surface area contributed by atoms with Gasteiger partial charge in [-0.3, -0.25) is 9.48 Å². The van der Waals surface area contributed by atoms with Crippen molar-refractivity contribution in [2.75, 3.05) is 13.2 Å². The van der Waals surface area contributed by atoms with E-state index in [0.717, 1.165) is 31.5 Å². The van der Waals surface area contributed by atoms with Crippen LogP contribution in [0.3, 0.4) is 0 Å². The molecule has 2 unspecified atom stereocenters. The molecule has 128 valence electrons. The minimum Gasteiger partial charge on any atom is -0.376 e. The van der Waals surface area contributed by atoms with Crippen molar-refractivity contribution in [3.8, 4) is 0 Å². The van der Waals surface area contributed by atoms with Crippen LogP contribution in [0.25, 0.3) is 0 Å². The molecule has 1 aromatic carbocycles. The summed E-state index contributed by atoms with van der Waals surface area (Å²) < 4.78 is 7.65. The van der Waals surface area contributed by atoms with E-state index in [9.17, 15) is 4.79 Å². The average molecular weight is 327 g/mol. The van der Waals surface area contributed by atoms with Gasteiger partial charge in [-0.05, 0) is 24.5 Å². The molecule has 1 aliphatic rings. The average Bonchev–Trinajstić information content (AvgIpc) is 3.27. The Morgan fingerprint density at radius 1 is 1.33 bits per heavy atom. The van der Waals surface area contributed by atoms with E-state index in [1.54, 1.807) is 6.20 Å². The van der Waals surface area contributed by atoms with Gasteiger partial charge >= 0.3 is 0 Å². The lowest BCUT2D eigenvalue weighted by molar-refractivity contribution is -0.138. The van der Waals surface area contributed by atoms with Crippen LogP contribution in [0.5, 0.6) is 0 Å². The lowest BCUT2D eigenvalue weighted by atomic mass is 10.1. The summed E-state index contributed by atoms with van der Waals surface area (Å²) in [6, 6.07) is 12.2. The Bertz CT molecular complexity index is 627. The Labute approximate surface area is 143 Å². The first-order valence-corrected chi connectivity index (χ1v) is 8.63. The first kappa shape index (κ1) is 16.7. The minimum absolute atomic E-state index is 0.119. The molecule has 0 saturated carbocycles. The van der Waals surface area contributed by atoms with Crippen molar-refractivity contribution in [2.45, 2.75) is 39.0 Å². The number of rotatable bonds is 7. The second-order valence-corrected chi connectivity index (χ2v) is 6.46. The summed E-state index contributed by atoms with van der Waals surface area (Å²) in [6.07, 6.45) is 5.84. The van der Waals surface area contributed by atoms with Crippen molar-refractivity contribution in [3.05, 3.63) is 54.4 Å². The summed E-state index contributed by atoms with van der Waals surface area (Å²) in [7, 11) is 0. The number of hydrogen-bond donors (Lipinski definition) is 0. The fourth-order valence-electron chi connectivity index (χ4n) is 3.22. The van der Waals surface area contributed by atoms with Crippen LogP contribution in [0.1, 0.15) is 25.3 Å². The van der Waals surface area contributed by atoms with Crippen LogP contribution in [-0.2, 0) is 22.7 Å². The summed E-state index contributed by atoms with van der Waals surface area (Å²) in [6.45, 7) is 4.58. The summed E-state index contributed by atoms with van der Waals surface area (Å²) in [5.41, 5.74) is 1.13. The Balaban J connectivity index is 1.48. The third-order valence-corrected chi connectivity index (χ3v) is 4.52. The summed E-state index contributed by atoms with van der Waals surface area (Å²) in [5, 5.41) is 4.26. The monoisotopic (exact) mass is 327 g/mol. The molecule has 2 heterocycles. The second kappa shape index (κ2) is 8.11. The molecule has 0 radical (unpaired) electrons. The van der Waals surface area contributed by atoms with Crippen molar-refractivity contribution in [1.82, 2.24) is 14.7 Å². The molecule has 24 heavy (non-hydrogen) atoms. The third-order valence-electron chi connectivity index (χ3n) is 4.52.